The highest BCUT2D eigenvalue weighted by molar-refractivity contribution is 5.27. The van der Waals surface area contributed by atoms with Crippen molar-refractivity contribution in [2.75, 3.05) is 13.6 Å². The first-order chi connectivity index (χ1) is 9.63. The van der Waals surface area contributed by atoms with Crippen molar-refractivity contribution in [3.63, 3.8) is 0 Å². The highest BCUT2D eigenvalue weighted by Gasteiger charge is 2.19. The van der Waals surface area contributed by atoms with E-state index in [-0.39, 0.29) is 23.7 Å². The van der Waals surface area contributed by atoms with Crippen molar-refractivity contribution in [2.24, 2.45) is 0 Å². The fraction of sp³-hybridized carbons (Fsp3) is 0.250. The fourth-order valence-corrected chi connectivity index (χ4v) is 2.32. The molecule has 1 unspecified atom stereocenters. The Hall–Kier alpha value is -1.81. The molecular formula is C16H16F3N. The van der Waals surface area contributed by atoms with E-state index in [1.807, 2.05) is 0 Å². The van der Waals surface area contributed by atoms with Gasteiger partial charge in [0.15, 0.2) is 0 Å². The first-order valence-electron chi connectivity index (χ1n) is 6.45. The largest absolute Gasteiger partial charge is 0.319 e. The van der Waals surface area contributed by atoms with Crippen LogP contribution in [0.15, 0.2) is 42.5 Å². The lowest BCUT2D eigenvalue weighted by atomic mass is 9.91. The van der Waals surface area contributed by atoms with E-state index in [0.29, 0.717) is 12.1 Å². The molecule has 1 N–H and O–H groups in total. The highest BCUT2D eigenvalue weighted by Crippen LogP contribution is 2.25. The average Bonchev–Trinajstić information content (AvgIpc) is 2.43. The number of hydrogen-bond donors (Lipinski definition) is 1. The summed E-state index contributed by atoms with van der Waals surface area (Å²) < 4.78 is 41.3. The number of nitrogens with one attached hydrogen (secondary N) is 1. The Bertz CT molecular complexity index is 563. The summed E-state index contributed by atoms with van der Waals surface area (Å²) in [6.45, 7) is 0.439. The molecule has 1 atom stereocenters. The molecule has 2 rings (SSSR count). The van der Waals surface area contributed by atoms with Crippen LogP contribution in [-0.4, -0.2) is 13.6 Å². The van der Waals surface area contributed by atoms with Crippen molar-refractivity contribution in [1.29, 1.82) is 0 Å². The predicted molar refractivity (Wildman–Crippen MR) is 73.1 cm³/mol. The Morgan fingerprint density at radius 2 is 1.50 bits per heavy atom. The molecule has 2 aromatic rings. The molecule has 0 aliphatic carbocycles. The van der Waals surface area contributed by atoms with Crippen molar-refractivity contribution in [3.8, 4) is 0 Å². The van der Waals surface area contributed by atoms with Gasteiger partial charge in [-0.1, -0.05) is 24.3 Å². The van der Waals surface area contributed by atoms with Crippen LogP contribution in [0, 0.1) is 17.5 Å². The van der Waals surface area contributed by atoms with Crippen molar-refractivity contribution >= 4 is 0 Å². The van der Waals surface area contributed by atoms with Crippen LogP contribution in [0.3, 0.4) is 0 Å². The summed E-state index contributed by atoms with van der Waals surface area (Å²) in [5, 5.41) is 2.94. The van der Waals surface area contributed by atoms with Gasteiger partial charge in [0, 0.05) is 18.0 Å². The highest BCUT2D eigenvalue weighted by atomic mass is 19.1. The Morgan fingerprint density at radius 1 is 0.900 bits per heavy atom. The van der Waals surface area contributed by atoms with E-state index in [0.717, 1.165) is 0 Å². The zero-order valence-electron chi connectivity index (χ0n) is 11.2. The van der Waals surface area contributed by atoms with Gasteiger partial charge >= 0.3 is 0 Å². The third-order valence-electron chi connectivity index (χ3n) is 3.31. The van der Waals surface area contributed by atoms with Gasteiger partial charge in [-0.15, -0.1) is 0 Å². The molecule has 0 radical (unpaired) electrons. The lowest BCUT2D eigenvalue weighted by Crippen LogP contribution is -2.21. The molecule has 0 amide bonds. The molecule has 20 heavy (non-hydrogen) atoms. The Morgan fingerprint density at radius 3 is 2.10 bits per heavy atom. The van der Waals surface area contributed by atoms with Crippen LogP contribution in [0.25, 0.3) is 0 Å². The molecule has 2 aromatic carbocycles. The van der Waals surface area contributed by atoms with Crippen LogP contribution in [0.1, 0.15) is 17.0 Å². The molecule has 4 heteroatoms. The summed E-state index contributed by atoms with van der Waals surface area (Å²) >= 11 is 0. The van der Waals surface area contributed by atoms with E-state index in [9.17, 15) is 13.2 Å². The second-order valence-corrected chi connectivity index (χ2v) is 4.68. The van der Waals surface area contributed by atoms with Crippen LogP contribution >= 0.6 is 0 Å². The van der Waals surface area contributed by atoms with E-state index in [1.165, 1.54) is 24.3 Å². The van der Waals surface area contributed by atoms with Gasteiger partial charge in [0.05, 0.1) is 0 Å². The monoisotopic (exact) mass is 279 g/mol. The molecule has 0 spiro atoms. The minimum absolute atomic E-state index is 0.00370. The first-order valence-corrected chi connectivity index (χ1v) is 6.45. The van der Waals surface area contributed by atoms with Gasteiger partial charge in [0.1, 0.15) is 17.5 Å². The van der Waals surface area contributed by atoms with Crippen LogP contribution in [0.4, 0.5) is 13.2 Å². The zero-order chi connectivity index (χ0) is 14.5. The molecular weight excluding hydrogens is 263 g/mol. The summed E-state index contributed by atoms with van der Waals surface area (Å²) in [5.74, 6) is -1.87. The molecule has 0 aliphatic heterocycles. The van der Waals surface area contributed by atoms with Gasteiger partial charge in [-0.05, 0) is 37.2 Å². The summed E-state index contributed by atoms with van der Waals surface area (Å²) in [5.41, 5.74) is 0.459. The Labute approximate surface area is 116 Å². The summed E-state index contributed by atoms with van der Waals surface area (Å²) in [6.07, 6.45) is 0.111. The first kappa shape index (κ1) is 14.6. The van der Waals surface area contributed by atoms with E-state index in [2.05, 4.69) is 5.32 Å². The number of halogens is 3. The minimum Gasteiger partial charge on any atom is -0.319 e. The van der Waals surface area contributed by atoms with Gasteiger partial charge in [0.25, 0.3) is 0 Å². The number of rotatable bonds is 5. The summed E-state index contributed by atoms with van der Waals surface area (Å²) in [4.78, 5) is 0. The third-order valence-corrected chi connectivity index (χ3v) is 3.31. The van der Waals surface area contributed by atoms with Gasteiger partial charge < -0.3 is 5.32 Å². The molecule has 0 saturated heterocycles. The summed E-state index contributed by atoms with van der Waals surface area (Å²) in [7, 11) is 1.73. The number of benzene rings is 2. The van der Waals surface area contributed by atoms with Gasteiger partial charge in [-0.2, -0.15) is 0 Å². The van der Waals surface area contributed by atoms with Crippen molar-refractivity contribution in [2.45, 2.75) is 12.3 Å². The smallest absolute Gasteiger partial charge is 0.129 e. The maximum atomic E-state index is 13.9. The quantitative estimate of drug-likeness (QED) is 0.881. The molecule has 0 aliphatic rings. The lowest BCUT2D eigenvalue weighted by molar-refractivity contribution is 0.514. The lowest BCUT2D eigenvalue weighted by Gasteiger charge is -2.18. The maximum absolute atomic E-state index is 13.9. The molecule has 0 fully saturated rings. The topological polar surface area (TPSA) is 12.0 Å². The van der Waals surface area contributed by atoms with E-state index in [4.69, 9.17) is 0 Å². The molecule has 0 heterocycles. The number of hydrogen-bond acceptors (Lipinski definition) is 1. The predicted octanol–water partition coefficient (Wildman–Crippen LogP) is 3.65. The summed E-state index contributed by atoms with van der Waals surface area (Å²) in [6, 6.07) is 10.1. The van der Waals surface area contributed by atoms with E-state index < -0.39 is 11.6 Å². The van der Waals surface area contributed by atoms with Gasteiger partial charge in [-0.3, -0.25) is 0 Å². The third kappa shape index (κ3) is 3.20. The van der Waals surface area contributed by atoms with Crippen LogP contribution in [0.2, 0.25) is 0 Å². The van der Waals surface area contributed by atoms with Crippen LogP contribution in [-0.2, 0) is 6.42 Å². The number of likely N-dealkylation sites (N-methyl/N-ethyl adjacent to an activating group) is 1. The molecule has 0 aromatic heterocycles. The van der Waals surface area contributed by atoms with Crippen LogP contribution < -0.4 is 5.32 Å². The fourth-order valence-electron chi connectivity index (χ4n) is 2.32. The van der Waals surface area contributed by atoms with Crippen LogP contribution in [0.5, 0.6) is 0 Å². The molecule has 1 nitrogen and oxygen atoms in total. The van der Waals surface area contributed by atoms with E-state index >= 15 is 0 Å². The van der Waals surface area contributed by atoms with Gasteiger partial charge in [-0.25, -0.2) is 13.2 Å². The molecule has 0 bridgehead atoms. The second kappa shape index (κ2) is 6.57. The normalized spacial score (nSPS) is 12.4. The van der Waals surface area contributed by atoms with Gasteiger partial charge in [0.2, 0.25) is 0 Å². The zero-order valence-corrected chi connectivity index (χ0v) is 11.2. The molecule has 0 saturated carbocycles. The van der Waals surface area contributed by atoms with Crippen molar-refractivity contribution in [3.05, 3.63) is 71.0 Å². The Kier molecular flexibility index (Phi) is 4.79. The maximum Gasteiger partial charge on any atom is 0.129 e. The standard InChI is InChI=1S/C16H16F3N/c1-20-10-11(12-5-2-3-6-14(12)17)9-13-15(18)7-4-8-16(13)19/h2-8,11,20H,9-10H2,1H3. The second-order valence-electron chi connectivity index (χ2n) is 4.68. The minimum atomic E-state index is -0.595. The van der Waals surface area contributed by atoms with E-state index in [1.54, 1.807) is 25.2 Å². The molecule has 106 valence electrons. The van der Waals surface area contributed by atoms with Crippen molar-refractivity contribution in [1.82, 2.24) is 5.32 Å². The van der Waals surface area contributed by atoms with Crippen molar-refractivity contribution < 1.29 is 13.2 Å². The average molecular weight is 279 g/mol. The SMILES string of the molecule is CNCC(Cc1c(F)cccc1F)c1ccccc1F. The Balaban J connectivity index is 2.33.